The molecule has 2 aromatic carbocycles. The highest BCUT2D eigenvalue weighted by molar-refractivity contribution is 5.89. The fraction of sp³-hybridized carbons (Fsp3) is 0.238. The van der Waals surface area contributed by atoms with E-state index in [0.29, 0.717) is 30.2 Å². The lowest BCUT2D eigenvalue weighted by Crippen LogP contribution is -2.38. The van der Waals surface area contributed by atoms with Crippen LogP contribution < -0.4 is 16.3 Å². The van der Waals surface area contributed by atoms with Gasteiger partial charge >= 0.3 is 5.69 Å². The third-order valence-corrected chi connectivity index (χ3v) is 5.44. The van der Waals surface area contributed by atoms with Gasteiger partial charge in [0.15, 0.2) is 11.2 Å². The Labute approximate surface area is 165 Å². The highest BCUT2D eigenvalue weighted by Crippen LogP contribution is 2.27. The number of fused-ring (bicyclic) bond motifs is 4. The molecule has 0 fully saturated rings. The van der Waals surface area contributed by atoms with Crippen LogP contribution in [-0.2, 0) is 27.2 Å². The number of hydrazone groups is 1. The second-order valence-electron chi connectivity index (χ2n) is 7.41. The molecule has 4 aromatic rings. The van der Waals surface area contributed by atoms with E-state index in [-0.39, 0.29) is 5.56 Å². The molecule has 0 N–H and O–H groups in total. The smallest absolute Gasteiger partial charge is 0.297 e. The maximum Gasteiger partial charge on any atom is 0.332 e. The standard InChI is InChI=1S/C21H20N6O2/c1-13-11-26-17-18(24(2)21(29)25(3)19(17)28)22-20(26)27(23-13)12-15-9-6-8-14-7-4-5-10-16(14)15/h4-10H,11-12H2,1-3H3. The molecule has 3 heterocycles. The van der Waals surface area contributed by atoms with Crippen molar-refractivity contribution in [1.82, 2.24) is 18.7 Å². The highest BCUT2D eigenvalue weighted by Gasteiger charge is 2.26. The maximum atomic E-state index is 12.8. The van der Waals surface area contributed by atoms with Gasteiger partial charge in [-0.15, -0.1) is 0 Å². The van der Waals surface area contributed by atoms with E-state index in [1.54, 1.807) is 7.05 Å². The molecule has 0 spiro atoms. The number of rotatable bonds is 2. The van der Waals surface area contributed by atoms with Gasteiger partial charge in [0, 0.05) is 14.1 Å². The summed E-state index contributed by atoms with van der Waals surface area (Å²) in [5, 5.41) is 8.82. The Balaban J connectivity index is 1.71. The average molecular weight is 388 g/mol. The lowest BCUT2D eigenvalue weighted by atomic mass is 10.0. The normalized spacial score (nSPS) is 13.8. The molecular weight excluding hydrogens is 368 g/mol. The van der Waals surface area contributed by atoms with Crippen molar-refractivity contribution >= 4 is 33.6 Å². The lowest BCUT2D eigenvalue weighted by Gasteiger charge is -2.25. The Bertz CT molecular complexity index is 1430. The Hall–Kier alpha value is -3.68. The largest absolute Gasteiger partial charge is 0.332 e. The predicted molar refractivity (Wildman–Crippen MR) is 113 cm³/mol. The summed E-state index contributed by atoms with van der Waals surface area (Å²) in [7, 11) is 3.12. The first-order chi connectivity index (χ1) is 14.0. The van der Waals surface area contributed by atoms with Crippen LogP contribution in [-0.4, -0.2) is 24.4 Å². The molecule has 5 rings (SSSR count). The SMILES string of the molecule is CC1=NN(Cc2cccc3ccccc23)c2nc3c(c(=O)n(C)c(=O)n3C)n2C1. The van der Waals surface area contributed by atoms with Gasteiger partial charge in [0.05, 0.1) is 18.8 Å². The van der Waals surface area contributed by atoms with Crippen LogP contribution >= 0.6 is 0 Å². The minimum Gasteiger partial charge on any atom is -0.297 e. The van der Waals surface area contributed by atoms with Crippen molar-refractivity contribution in [2.75, 3.05) is 5.01 Å². The Morgan fingerprint density at radius 2 is 1.76 bits per heavy atom. The van der Waals surface area contributed by atoms with Crippen LogP contribution in [0, 0.1) is 0 Å². The molecule has 146 valence electrons. The van der Waals surface area contributed by atoms with E-state index in [1.165, 1.54) is 11.6 Å². The summed E-state index contributed by atoms with van der Waals surface area (Å²) in [4.78, 5) is 29.8. The van der Waals surface area contributed by atoms with Crippen LogP contribution in [0.5, 0.6) is 0 Å². The fourth-order valence-electron chi connectivity index (χ4n) is 3.99. The van der Waals surface area contributed by atoms with Gasteiger partial charge in [0.1, 0.15) is 0 Å². The number of anilines is 1. The molecule has 0 atom stereocenters. The first-order valence-corrected chi connectivity index (χ1v) is 9.40. The number of benzene rings is 2. The molecule has 2 aromatic heterocycles. The van der Waals surface area contributed by atoms with Crippen LogP contribution in [0.15, 0.2) is 57.2 Å². The van der Waals surface area contributed by atoms with Crippen LogP contribution in [0.1, 0.15) is 12.5 Å². The highest BCUT2D eigenvalue weighted by atomic mass is 16.2. The number of imidazole rings is 1. The molecular formula is C21H20N6O2. The van der Waals surface area contributed by atoms with Gasteiger partial charge in [-0.2, -0.15) is 10.1 Å². The molecule has 8 nitrogen and oxygen atoms in total. The Morgan fingerprint density at radius 1 is 1.00 bits per heavy atom. The fourth-order valence-corrected chi connectivity index (χ4v) is 3.99. The Kier molecular flexibility index (Phi) is 3.70. The lowest BCUT2D eigenvalue weighted by molar-refractivity contribution is 0.699. The van der Waals surface area contributed by atoms with Crippen LogP contribution in [0.3, 0.4) is 0 Å². The second kappa shape index (κ2) is 6.16. The first-order valence-electron chi connectivity index (χ1n) is 9.40. The van der Waals surface area contributed by atoms with Crippen molar-refractivity contribution in [3.05, 3.63) is 68.9 Å². The van der Waals surface area contributed by atoms with Gasteiger partial charge in [-0.25, -0.2) is 9.80 Å². The number of hydrogen-bond acceptors (Lipinski definition) is 5. The minimum atomic E-state index is -0.392. The van der Waals surface area contributed by atoms with Crippen LogP contribution in [0.2, 0.25) is 0 Å². The van der Waals surface area contributed by atoms with E-state index in [2.05, 4.69) is 29.2 Å². The topological polar surface area (TPSA) is 77.4 Å². The van der Waals surface area contributed by atoms with E-state index in [0.717, 1.165) is 26.6 Å². The van der Waals surface area contributed by atoms with Crippen LogP contribution in [0.4, 0.5) is 5.95 Å². The van der Waals surface area contributed by atoms with Crippen molar-refractivity contribution < 1.29 is 0 Å². The maximum absolute atomic E-state index is 12.8. The van der Waals surface area contributed by atoms with Crippen LogP contribution in [0.25, 0.3) is 21.9 Å². The molecule has 0 bridgehead atoms. The van der Waals surface area contributed by atoms with Crippen molar-refractivity contribution in [1.29, 1.82) is 0 Å². The number of nitrogens with zero attached hydrogens (tertiary/aromatic N) is 6. The van der Waals surface area contributed by atoms with Crippen molar-refractivity contribution in [2.24, 2.45) is 19.2 Å². The summed E-state index contributed by atoms with van der Waals surface area (Å²) in [6, 6.07) is 14.4. The van der Waals surface area contributed by atoms with Gasteiger partial charge in [-0.1, -0.05) is 42.5 Å². The molecule has 1 aliphatic heterocycles. The first kappa shape index (κ1) is 17.4. The minimum absolute atomic E-state index is 0.346. The summed E-state index contributed by atoms with van der Waals surface area (Å²) < 4.78 is 4.38. The second-order valence-corrected chi connectivity index (χ2v) is 7.41. The van der Waals surface area contributed by atoms with E-state index < -0.39 is 5.69 Å². The van der Waals surface area contributed by atoms with Crippen molar-refractivity contribution in [2.45, 2.75) is 20.0 Å². The molecule has 8 heteroatoms. The third kappa shape index (κ3) is 2.52. The zero-order chi connectivity index (χ0) is 20.3. The Morgan fingerprint density at radius 3 is 2.59 bits per heavy atom. The van der Waals surface area contributed by atoms with E-state index in [1.807, 2.05) is 34.7 Å². The molecule has 29 heavy (non-hydrogen) atoms. The van der Waals surface area contributed by atoms with Gasteiger partial charge in [0.2, 0.25) is 5.95 Å². The summed E-state index contributed by atoms with van der Waals surface area (Å²) in [6.07, 6.45) is 0. The van der Waals surface area contributed by atoms with Gasteiger partial charge in [-0.3, -0.25) is 18.5 Å². The average Bonchev–Trinajstić information content (AvgIpc) is 3.10. The van der Waals surface area contributed by atoms with Crippen molar-refractivity contribution in [3.63, 3.8) is 0 Å². The summed E-state index contributed by atoms with van der Waals surface area (Å²) in [5.41, 5.74) is 2.04. The van der Waals surface area contributed by atoms with E-state index in [4.69, 9.17) is 5.10 Å². The van der Waals surface area contributed by atoms with Gasteiger partial charge in [0.25, 0.3) is 5.56 Å². The summed E-state index contributed by atoms with van der Waals surface area (Å²) in [6.45, 7) is 2.90. The molecule has 0 aliphatic carbocycles. The molecule has 0 unspecified atom stereocenters. The zero-order valence-electron chi connectivity index (χ0n) is 16.5. The van der Waals surface area contributed by atoms with Gasteiger partial charge in [-0.05, 0) is 23.3 Å². The van der Waals surface area contributed by atoms with Gasteiger partial charge < -0.3 is 0 Å². The molecule has 0 saturated carbocycles. The van der Waals surface area contributed by atoms with E-state index in [9.17, 15) is 9.59 Å². The number of hydrogen-bond donors (Lipinski definition) is 0. The molecule has 0 saturated heterocycles. The summed E-state index contributed by atoms with van der Waals surface area (Å²) >= 11 is 0. The molecule has 0 amide bonds. The zero-order valence-corrected chi connectivity index (χ0v) is 16.5. The quantitative estimate of drug-likeness (QED) is 0.526. The predicted octanol–water partition coefficient (Wildman–Crippen LogP) is 1.98. The third-order valence-electron chi connectivity index (χ3n) is 5.44. The number of aromatic nitrogens is 4. The number of aryl methyl sites for hydroxylation is 1. The summed E-state index contributed by atoms with van der Waals surface area (Å²) in [5.74, 6) is 0.567. The van der Waals surface area contributed by atoms with E-state index >= 15 is 0 Å². The molecule has 0 radical (unpaired) electrons. The van der Waals surface area contributed by atoms with Crippen molar-refractivity contribution in [3.8, 4) is 0 Å². The molecule has 1 aliphatic rings. The monoisotopic (exact) mass is 388 g/mol.